The molecule has 0 atom stereocenters. The second-order valence-corrected chi connectivity index (χ2v) is 3.93. The summed E-state index contributed by atoms with van der Waals surface area (Å²) in [5.41, 5.74) is 6.78. The maximum absolute atomic E-state index is 11.1. The minimum absolute atomic E-state index is 0.386. The molecule has 1 amide bonds. The Bertz CT molecular complexity index is 462. The highest BCUT2D eigenvalue weighted by Crippen LogP contribution is 2.22. The number of allylic oxidation sites excluding steroid dienone is 1. The van der Waals surface area contributed by atoms with Crippen molar-refractivity contribution < 1.29 is 4.79 Å². The smallest absolute Gasteiger partial charge is 0.246 e. The van der Waals surface area contributed by atoms with E-state index in [1.807, 2.05) is 29.3 Å². The average molecular weight is 235 g/mol. The summed E-state index contributed by atoms with van der Waals surface area (Å²) in [5, 5.41) is 0.684. The maximum Gasteiger partial charge on any atom is 0.246 e. The number of halogens is 1. The van der Waals surface area contributed by atoms with Crippen LogP contribution in [0, 0.1) is 0 Å². The molecule has 0 bridgehead atoms. The average Bonchev–Trinajstić information content (AvgIpc) is 2.30. The van der Waals surface area contributed by atoms with E-state index in [-0.39, 0.29) is 5.91 Å². The molecule has 0 saturated carbocycles. The molecule has 82 valence electrons. The van der Waals surface area contributed by atoms with E-state index < -0.39 is 0 Å². The standard InChI is InChI=1S/C12H11ClN2O/c13-10-3-5-11(6-4-10)15-7-1-2-9(8-15)12(14)16/h1,3-8H,2H2,(H2,14,16). The SMILES string of the molecule is NC(=O)C1=CN(c2ccc(Cl)cc2)C=CC1. The number of carbonyl (C=O) groups excluding carboxylic acids is 1. The van der Waals surface area contributed by atoms with E-state index in [1.165, 1.54) is 0 Å². The highest BCUT2D eigenvalue weighted by molar-refractivity contribution is 6.30. The zero-order chi connectivity index (χ0) is 11.5. The molecule has 0 unspecified atom stereocenters. The monoisotopic (exact) mass is 234 g/mol. The topological polar surface area (TPSA) is 46.3 Å². The van der Waals surface area contributed by atoms with Crippen LogP contribution in [0.3, 0.4) is 0 Å². The normalized spacial score (nSPS) is 14.8. The quantitative estimate of drug-likeness (QED) is 0.854. The molecule has 0 fully saturated rings. The second-order valence-electron chi connectivity index (χ2n) is 3.49. The van der Waals surface area contributed by atoms with Gasteiger partial charge < -0.3 is 10.6 Å². The molecule has 1 aliphatic heterocycles. The van der Waals surface area contributed by atoms with Crippen molar-refractivity contribution in [2.75, 3.05) is 4.90 Å². The van der Waals surface area contributed by atoms with Gasteiger partial charge in [-0.25, -0.2) is 0 Å². The van der Waals surface area contributed by atoms with Gasteiger partial charge in [-0.15, -0.1) is 0 Å². The van der Waals surface area contributed by atoms with Crippen LogP contribution in [-0.4, -0.2) is 5.91 Å². The van der Waals surface area contributed by atoms with Crippen LogP contribution in [0.2, 0.25) is 5.02 Å². The Labute approximate surface area is 98.8 Å². The molecular formula is C12H11ClN2O. The fraction of sp³-hybridized carbons (Fsp3) is 0.0833. The summed E-state index contributed by atoms with van der Waals surface area (Å²) < 4.78 is 0. The van der Waals surface area contributed by atoms with E-state index in [9.17, 15) is 4.79 Å². The Morgan fingerprint density at radius 3 is 2.62 bits per heavy atom. The van der Waals surface area contributed by atoms with Crippen LogP contribution >= 0.6 is 11.6 Å². The number of hydrogen-bond acceptors (Lipinski definition) is 2. The molecule has 0 saturated heterocycles. The number of nitrogens with zero attached hydrogens (tertiary/aromatic N) is 1. The molecule has 0 aliphatic carbocycles. The van der Waals surface area contributed by atoms with Crippen molar-refractivity contribution in [3.63, 3.8) is 0 Å². The molecule has 2 rings (SSSR count). The van der Waals surface area contributed by atoms with Gasteiger partial charge in [0.15, 0.2) is 0 Å². The van der Waals surface area contributed by atoms with Crippen LogP contribution in [-0.2, 0) is 4.79 Å². The number of hydrogen-bond donors (Lipinski definition) is 1. The fourth-order valence-electron chi connectivity index (χ4n) is 1.49. The first kappa shape index (κ1) is 10.8. The maximum atomic E-state index is 11.1. The third-order valence-corrected chi connectivity index (χ3v) is 2.59. The Morgan fingerprint density at radius 1 is 1.31 bits per heavy atom. The summed E-state index contributed by atoms with van der Waals surface area (Å²) in [5.74, 6) is -0.386. The van der Waals surface area contributed by atoms with Crippen molar-refractivity contribution in [1.82, 2.24) is 0 Å². The van der Waals surface area contributed by atoms with Crippen molar-refractivity contribution in [2.24, 2.45) is 5.73 Å². The Hall–Kier alpha value is -1.74. The van der Waals surface area contributed by atoms with Crippen molar-refractivity contribution in [3.05, 3.63) is 53.3 Å². The van der Waals surface area contributed by atoms with Crippen LogP contribution in [0.4, 0.5) is 5.69 Å². The minimum Gasteiger partial charge on any atom is -0.366 e. The zero-order valence-corrected chi connectivity index (χ0v) is 9.32. The first-order valence-electron chi connectivity index (χ1n) is 4.88. The lowest BCUT2D eigenvalue weighted by atomic mass is 10.1. The van der Waals surface area contributed by atoms with E-state index in [2.05, 4.69) is 0 Å². The molecule has 1 aliphatic rings. The highest BCUT2D eigenvalue weighted by atomic mass is 35.5. The highest BCUT2D eigenvalue weighted by Gasteiger charge is 2.10. The van der Waals surface area contributed by atoms with Gasteiger partial charge in [-0.3, -0.25) is 4.79 Å². The fourth-order valence-corrected chi connectivity index (χ4v) is 1.62. The van der Waals surface area contributed by atoms with Crippen molar-refractivity contribution in [2.45, 2.75) is 6.42 Å². The molecule has 0 radical (unpaired) electrons. The van der Waals surface area contributed by atoms with Gasteiger partial charge in [0.2, 0.25) is 5.91 Å². The van der Waals surface area contributed by atoms with Gasteiger partial charge in [0.25, 0.3) is 0 Å². The van der Waals surface area contributed by atoms with Crippen LogP contribution in [0.15, 0.2) is 48.3 Å². The predicted octanol–water partition coefficient (Wildman–Crippen LogP) is 2.43. The van der Waals surface area contributed by atoms with Crippen molar-refractivity contribution in [1.29, 1.82) is 0 Å². The molecule has 2 N–H and O–H groups in total. The summed E-state index contributed by atoms with van der Waals surface area (Å²) in [6.07, 6.45) is 6.12. The lowest BCUT2D eigenvalue weighted by Crippen LogP contribution is -2.20. The second kappa shape index (κ2) is 4.41. The Kier molecular flexibility index (Phi) is 2.97. The Morgan fingerprint density at radius 2 is 2.00 bits per heavy atom. The molecule has 1 heterocycles. The third kappa shape index (κ3) is 2.25. The summed E-state index contributed by atoms with van der Waals surface area (Å²) in [6, 6.07) is 7.37. The summed E-state index contributed by atoms with van der Waals surface area (Å²) in [4.78, 5) is 12.9. The number of nitrogens with two attached hydrogens (primary N) is 1. The van der Waals surface area contributed by atoms with Gasteiger partial charge in [0.05, 0.1) is 0 Å². The van der Waals surface area contributed by atoms with E-state index in [4.69, 9.17) is 17.3 Å². The van der Waals surface area contributed by atoms with Crippen molar-refractivity contribution in [3.8, 4) is 0 Å². The van der Waals surface area contributed by atoms with Crippen LogP contribution in [0.5, 0.6) is 0 Å². The number of benzene rings is 1. The molecule has 0 spiro atoms. The third-order valence-electron chi connectivity index (χ3n) is 2.34. The van der Waals surface area contributed by atoms with Gasteiger partial charge in [-0.05, 0) is 30.7 Å². The lowest BCUT2D eigenvalue weighted by molar-refractivity contribution is -0.114. The Balaban J connectivity index is 2.27. The van der Waals surface area contributed by atoms with E-state index in [1.54, 1.807) is 18.3 Å². The molecule has 4 heteroatoms. The van der Waals surface area contributed by atoms with Gasteiger partial charge >= 0.3 is 0 Å². The number of carbonyl (C=O) groups is 1. The van der Waals surface area contributed by atoms with Crippen molar-refractivity contribution >= 4 is 23.2 Å². The van der Waals surface area contributed by atoms with Crippen LogP contribution in [0.25, 0.3) is 0 Å². The number of amides is 1. The number of rotatable bonds is 2. The van der Waals surface area contributed by atoms with E-state index in [0.717, 1.165) is 5.69 Å². The molecule has 1 aromatic carbocycles. The summed E-state index contributed by atoms with van der Waals surface area (Å²) >= 11 is 5.80. The number of primary amides is 1. The zero-order valence-electron chi connectivity index (χ0n) is 8.56. The van der Waals surface area contributed by atoms with Gasteiger partial charge in [0.1, 0.15) is 0 Å². The summed E-state index contributed by atoms with van der Waals surface area (Å²) in [7, 11) is 0. The molecule has 3 nitrogen and oxygen atoms in total. The van der Waals surface area contributed by atoms with Gasteiger partial charge in [-0.2, -0.15) is 0 Å². The molecule has 16 heavy (non-hydrogen) atoms. The number of anilines is 1. The first-order valence-corrected chi connectivity index (χ1v) is 5.25. The van der Waals surface area contributed by atoms with Gasteiger partial charge in [-0.1, -0.05) is 17.7 Å². The predicted molar refractivity (Wildman–Crippen MR) is 65.0 cm³/mol. The van der Waals surface area contributed by atoms with Crippen LogP contribution < -0.4 is 10.6 Å². The first-order chi connectivity index (χ1) is 7.66. The molecule has 1 aromatic rings. The van der Waals surface area contributed by atoms with E-state index >= 15 is 0 Å². The summed E-state index contributed by atoms with van der Waals surface area (Å²) in [6.45, 7) is 0. The van der Waals surface area contributed by atoms with Gasteiger partial charge in [0, 0.05) is 28.7 Å². The minimum atomic E-state index is -0.386. The van der Waals surface area contributed by atoms with Crippen LogP contribution in [0.1, 0.15) is 6.42 Å². The molecular weight excluding hydrogens is 224 g/mol. The lowest BCUT2D eigenvalue weighted by Gasteiger charge is -2.20. The molecule has 0 aromatic heterocycles. The largest absolute Gasteiger partial charge is 0.366 e. The van der Waals surface area contributed by atoms with E-state index in [0.29, 0.717) is 17.0 Å².